The van der Waals surface area contributed by atoms with Crippen LogP contribution in [-0.2, 0) is 0 Å². The van der Waals surface area contributed by atoms with Gasteiger partial charge in [-0.25, -0.2) is 4.79 Å². The van der Waals surface area contributed by atoms with Crippen LogP contribution in [-0.4, -0.2) is 28.3 Å². The molecule has 1 aromatic rings. The molecule has 0 aliphatic heterocycles. The second kappa shape index (κ2) is 5.42. The summed E-state index contributed by atoms with van der Waals surface area (Å²) in [5.74, 6) is 1.26. The van der Waals surface area contributed by atoms with Gasteiger partial charge in [0.25, 0.3) is 0 Å². The molecule has 2 saturated carbocycles. The molecule has 2 amide bonds. The molecule has 0 saturated heterocycles. The highest BCUT2D eigenvalue weighted by molar-refractivity contribution is 5.88. The van der Waals surface area contributed by atoms with E-state index in [-0.39, 0.29) is 6.03 Å². The van der Waals surface area contributed by atoms with Crippen LogP contribution in [0, 0.1) is 0 Å². The lowest BCUT2D eigenvalue weighted by Crippen LogP contribution is -2.30. The van der Waals surface area contributed by atoms with E-state index in [0.29, 0.717) is 17.9 Å². The van der Waals surface area contributed by atoms with E-state index < -0.39 is 0 Å². The number of carbonyl (C=O) groups is 1. The van der Waals surface area contributed by atoms with E-state index in [1.54, 1.807) is 6.07 Å². The van der Waals surface area contributed by atoms with E-state index in [1.807, 2.05) is 6.07 Å². The Balaban J connectivity index is 1.50. The first-order chi connectivity index (χ1) is 9.29. The average Bonchev–Trinajstić information content (AvgIpc) is 3.05. The van der Waals surface area contributed by atoms with Crippen molar-refractivity contribution in [1.29, 1.82) is 0 Å². The Morgan fingerprint density at radius 2 is 1.68 bits per heavy atom. The topological polar surface area (TPSA) is 78.9 Å². The lowest BCUT2D eigenvalue weighted by molar-refractivity contribution is 0.251. The summed E-state index contributed by atoms with van der Waals surface area (Å²) in [4.78, 5) is 11.5. The molecule has 3 rings (SSSR count). The fraction of sp³-hybridized carbons (Fsp3) is 0.615. The largest absolute Gasteiger partial charge is 0.366 e. The van der Waals surface area contributed by atoms with Crippen molar-refractivity contribution in [3.8, 4) is 0 Å². The summed E-state index contributed by atoms with van der Waals surface area (Å²) in [6.07, 6.45) is 7.11. The van der Waals surface area contributed by atoms with Crippen molar-refractivity contribution in [3.05, 3.63) is 12.1 Å². The Morgan fingerprint density at radius 1 is 1.00 bits per heavy atom. The number of hydrogen-bond donors (Lipinski definition) is 3. The molecule has 6 heteroatoms. The van der Waals surface area contributed by atoms with Gasteiger partial charge in [-0.1, -0.05) is 12.8 Å². The minimum Gasteiger partial charge on any atom is -0.366 e. The molecule has 0 radical (unpaired) electrons. The van der Waals surface area contributed by atoms with Crippen LogP contribution < -0.4 is 16.0 Å². The molecule has 1 heterocycles. The van der Waals surface area contributed by atoms with E-state index in [9.17, 15) is 4.79 Å². The summed E-state index contributed by atoms with van der Waals surface area (Å²) in [7, 11) is 0. The molecule has 0 aromatic carbocycles. The van der Waals surface area contributed by atoms with Gasteiger partial charge in [-0.15, -0.1) is 10.2 Å². The summed E-state index contributed by atoms with van der Waals surface area (Å²) in [6.45, 7) is 0. The van der Waals surface area contributed by atoms with Gasteiger partial charge < -0.3 is 10.6 Å². The van der Waals surface area contributed by atoms with Crippen LogP contribution >= 0.6 is 0 Å². The van der Waals surface area contributed by atoms with Crippen LogP contribution in [0.25, 0.3) is 0 Å². The Morgan fingerprint density at radius 3 is 2.32 bits per heavy atom. The van der Waals surface area contributed by atoms with Crippen LogP contribution in [0.15, 0.2) is 12.1 Å². The fourth-order valence-corrected chi connectivity index (χ4v) is 2.32. The number of hydrogen-bond acceptors (Lipinski definition) is 4. The van der Waals surface area contributed by atoms with Gasteiger partial charge in [-0.05, 0) is 37.8 Å². The zero-order valence-electron chi connectivity index (χ0n) is 10.9. The highest BCUT2D eigenvalue weighted by Crippen LogP contribution is 2.21. The highest BCUT2D eigenvalue weighted by Gasteiger charge is 2.23. The van der Waals surface area contributed by atoms with Crippen LogP contribution in [0.2, 0.25) is 0 Å². The maximum Gasteiger partial charge on any atom is 0.320 e. The van der Waals surface area contributed by atoms with Crippen molar-refractivity contribution in [3.63, 3.8) is 0 Å². The van der Waals surface area contributed by atoms with Crippen molar-refractivity contribution in [2.45, 2.75) is 50.6 Å². The second-order valence-corrected chi connectivity index (χ2v) is 5.30. The molecule has 19 heavy (non-hydrogen) atoms. The Kier molecular flexibility index (Phi) is 3.48. The van der Waals surface area contributed by atoms with Crippen molar-refractivity contribution in [2.75, 3.05) is 10.6 Å². The molecule has 6 nitrogen and oxygen atoms in total. The highest BCUT2D eigenvalue weighted by atomic mass is 16.2. The average molecular weight is 261 g/mol. The van der Waals surface area contributed by atoms with Gasteiger partial charge in [0.15, 0.2) is 5.82 Å². The summed E-state index contributed by atoms with van der Waals surface area (Å²) >= 11 is 0. The van der Waals surface area contributed by atoms with E-state index in [4.69, 9.17) is 0 Å². The predicted molar refractivity (Wildman–Crippen MR) is 73.1 cm³/mol. The molecule has 0 atom stereocenters. The minimum absolute atomic E-state index is 0.201. The van der Waals surface area contributed by atoms with E-state index in [0.717, 1.165) is 18.7 Å². The minimum atomic E-state index is -0.201. The van der Waals surface area contributed by atoms with Crippen LogP contribution in [0.5, 0.6) is 0 Å². The van der Waals surface area contributed by atoms with Gasteiger partial charge in [0.2, 0.25) is 0 Å². The zero-order valence-corrected chi connectivity index (χ0v) is 10.9. The van der Waals surface area contributed by atoms with Gasteiger partial charge in [-0.2, -0.15) is 0 Å². The Bertz CT molecular complexity index is 437. The molecule has 2 fully saturated rings. The van der Waals surface area contributed by atoms with Crippen LogP contribution in [0.4, 0.5) is 16.4 Å². The first-order valence-corrected chi connectivity index (χ1v) is 6.97. The number of anilines is 2. The second-order valence-electron chi connectivity index (χ2n) is 5.30. The SMILES string of the molecule is O=C(Nc1ccc(NC2CCCC2)nn1)NC1CC1. The molecule has 2 aliphatic carbocycles. The van der Waals surface area contributed by atoms with Crippen molar-refractivity contribution >= 4 is 17.7 Å². The quantitative estimate of drug-likeness (QED) is 0.775. The number of urea groups is 1. The molecule has 0 spiro atoms. The van der Waals surface area contributed by atoms with Crippen molar-refractivity contribution in [2.24, 2.45) is 0 Å². The lowest BCUT2D eigenvalue weighted by atomic mass is 10.2. The van der Waals surface area contributed by atoms with E-state index in [1.165, 1.54) is 25.7 Å². The molecule has 102 valence electrons. The predicted octanol–water partition coefficient (Wildman–Crippen LogP) is 2.11. The normalized spacial score (nSPS) is 19.2. The first-order valence-electron chi connectivity index (χ1n) is 6.97. The monoisotopic (exact) mass is 261 g/mol. The number of nitrogens with zero attached hydrogens (tertiary/aromatic N) is 2. The fourth-order valence-electron chi connectivity index (χ4n) is 2.32. The maximum atomic E-state index is 11.5. The molecule has 1 aromatic heterocycles. The molecule has 0 bridgehead atoms. The molecular weight excluding hydrogens is 242 g/mol. The summed E-state index contributed by atoms with van der Waals surface area (Å²) < 4.78 is 0. The smallest absolute Gasteiger partial charge is 0.320 e. The van der Waals surface area contributed by atoms with E-state index >= 15 is 0 Å². The molecular formula is C13H19N5O. The first kappa shape index (κ1) is 12.2. The number of aromatic nitrogens is 2. The lowest BCUT2D eigenvalue weighted by Gasteiger charge is -2.12. The number of nitrogens with one attached hydrogen (secondary N) is 3. The van der Waals surface area contributed by atoms with Gasteiger partial charge >= 0.3 is 6.03 Å². The summed E-state index contributed by atoms with van der Waals surface area (Å²) in [5, 5.41) is 17.0. The molecule has 3 N–H and O–H groups in total. The van der Waals surface area contributed by atoms with Crippen LogP contribution in [0.3, 0.4) is 0 Å². The maximum absolute atomic E-state index is 11.5. The molecule has 0 unspecified atom stereocenters. The van der Waals surface area contributed by atoms with Gasteiger partial charge in [0, 0.05) is 12.1 Å². The summed E-state index contributed by atoms with van der Waals surface area (Å²) in [5.41, 5.74) is 0. The number of rotatable bonds is 4. The van der Waals surface area contributed by atoms with Gasteiger partial charge in [-0.3, -0.25) is 5.32 Å². The third-order valence-corrected chi connectivity index (χ3v) is 3.53. The Hall–Kier alpha value is -1.85. The van der Waals surface area contributed by atoms with Gasteiger partial charge in [0.05, 0.1) is 0 Å². The molecule has 2 aliphatic rings. The third kappa shape index (κ3) is 3.56. The van der Waals surface area contributed by atoms with E-state index in [2.05, 4.69) is 26.1 Å². The van der Waals surface area contributed by atoms with Gasteiger partial charge in [0.1, 0.15) is 5.82 Å². The van der Waals surface area contributed by atoms with Crippen LogP contribution in [0.1, 0.15) is 38.5 Å². The standard InChI is InChI=1S/C13H19N5O/c19-13(15-10-5-6-10)16-12-8-7-11(17-18-12)14-9-3-1-2-4-9/h7-10H,1-6H2,(H,14,17)(H2,15,16,18,19). The van der Waals surface area contributed by atoms with Crippen molar-refractivity contribution in [1.82, 2.24) is 15.5 Å². The number of carbonyl (C=O) groups excluding carboxylic acids is 1. The Labute approximate surface area is 112 Å². The third-order valence-electron chi connectivity index (χ3n) is 3.53. The summed E-state index contributed by atoms with van der Waals surface area (Å²) in [6, 6.07) is 4.30. The zero-order chi connectivity index (χ0) is 13.1. The number of amides is 2. The van der Waals surface area contributed by atoms with Crippen molar-refractivity contribution < 1.29 is 4.79 Å².